The second kappa shape index (κ2) is 11.1. The molecule has 30 heavy (non-hydrogen) atoms. The van der Waals surface area contributed by atoms with Crippen LogP contribution in [0.3, 0.4) is 0 Å². The molecule has 1 atom stereocenters. The normalized spacial score (nSPS) is 18.0. The largest absolute Gasteiger partial charge is 0.366 e. The van der Waals surface area contributed by atoms with E-state index in [9.17, 15) is 14.0 Å². The minimum absolute atomic E-state index is 0.0102. The van der Waals surface area contributed by atoms with Gasteiger partial charge in [-0.1, -0.05) is 30.7 Å². The Morgan fingerprint density at radius 2 is 1.87 bits per heavy atom. The van der Waals surface area contributed by atoms with Gasteiger partial charge in [0.25, 0.3) is 0 Å². The van der Waals surface area contributed by atoms with E-state index in [4.69, 9.17) is 0 Å². The van der Waals surface area contributed by atoms with Gasteiger partial charge in [0.2, 0.25) is 11.8 Å². The summed E-state index contributed by atoms with van der Waals surface area (Å²) in [5, 5.41) is 3.00. The highest BCUT2D eigenvalue weighted by Gasteiger charge is 2.24. The summed E-state index contributed by atoms with van der Waals surface area (Å²) < 4.78 is 14.0. The van der Waals surface area contributed by atoms with Crippen molar-refractivity contribution in [3.05, 3.63) is 41.7 Å². The van der Waals surface area contributed by atoms with Gasteiger partial charge < -0.3 is 15.1 Å². The molecule has 1 aromatic rings. The van der Waals surface area contributed by atoms with Crippen LogP contribution in [0.25, 0.3) is 0 Å². The Hall–Kier alpha value is -2.37. The van der Waals surface area contributed by atoms with E-state index in [1.54, 1.807) is 12.1 Å². The molecule has 1 aromatic carbocycles. The van der Waals surface area contributed by atoms with Crippen LogP contribution in [-0.2, 0) is 9.59 Å². The second-order valence-electron chi connectivity index (χ2n) is 8.54. The zero-order chi connectivity index (χ0) is 21.3. The molecule has 2 aliphatic rings. The lowest BCUT2D eigenvalue weighted by molar-refractivity contribution is -0.132. The van der Waals surface area contributed by atoms with Gasteiger partial charge in [0.15, 0.2) is 0 Å². The number of carbonyl (C=O) groups excluding carboxylic acids is 2. The van der Waals surface area contributed by atoms with E-state index >= 15 is 0 Å². The van der Waals surface area contributed by atoms with Gasteiger partial charge >= 0.3 is 0 Å². The van der Waals surface area contributed by atoms with Crippen molar-refractivity contribution in [1.29, 1.82) is 0 Å². The first-order valence-electron chi connectivity index (χ1n) is 11.2. The standard InChI is InChI=1S/C24H34FN3O2/c1-19(17-23(29)26-12-11-20-7-3-2-4-8-20)18-24(30)28-15-13-27(14-16-28)22-10-6-5-9-21(22)25/h5-7,9-10,19H,2-4,8,11-18H2,1H3,(H,26,29). The topological polar surface area (TPSA) is 52.7 Å². The third-order valence-corrected chi connectivity index (χ3v) is 6.04. The maximum Gasteiger partial charge on any atom is 0.222 e. The molecule has 1 fully saturated rings. The minimum atomic E-state index is -0.225. The van der Waals surface area contributed by atoms with Crippen molar-refractivity contribution in [2.45, 2.75) is 51.9 Å². The number of rotatable bonds is 8. The highest BCUT2D eigenvalue weighted by Crippen LogP contribution is 2.21. The van der Waals surface area contributed by atoms with Crippen molar-refractivity contribution in [1.82, 2.24) is 10.2 Å². The van der Waals surface area contributed by atoms with Crippen LogP contribution in [-0.4, -0.2) is 49.4 Å². The average molecular weight is 416 g/mol. The van der Waals surface area contributed by atoms with Gasteiger partial charge in [0, 0.05) is 45.6 Å². The van der Waals surface area contributed by atoms with Gasteiger partial charge in [-0.3, -0.25) is 9.59 Å². The lowest BCUT2D eigenvalue weighted by atomic mass is 9.97. The molecule has 1 N–H and O–H groups in total. The maximum absolute atomic E-state index is 14.0. The van der Waals surface area contributed by atoms with Gasteiger partial charge in [0.05, 0.1) is 5.69 Å². The molecule has 3 rings (SSSR count). The minimum Gasteiger partial charge on any atom is -0.366 e. The Kier molecular flexibility index (Phi) is 8.29. The SMILES string of the molecule is CC(CC(=O)NCCC1=CCCCC1)CC(=O)N1CCN(c2ccccc2F)CC1. The Morgan fingerprint density at radius 3 is 2.57 bits per heavy atom. The van der Waals surface area contributed by atoms with Crippen LogP contribution in [0, 0.1) is 11.7 Å². The van der Waals surface area contributed by atoms with Gasteiger partial charge in [-0.25, -0.2) is 4.39 Å². The third kappa shape index (κ3) is 6.57. The number of allylic oxidation sites excluding steroid dienone is 1. The fourth-order valence-corrected chi connectivity index (χ4v) is 4.29. The van der Waals surface area contributed by atoms with E-state index < -0.39 is 0 Å². The van der Waals surface area contributed by atoms with Crippen LogP contribution in [0.2, 0.25) is 0 Å². The predicted octanol–water partition coefficient (Wildman–Crippen LogP) is 3.90. The van der Waals surface area contributed by atoms with Crippen LogP contribution in [0.4, 0.5) is 10.1 Å². The number of nitrogens with one attached hydrogen (secondary N) is 1. The Bertz CT molecular complexity index is 757. The van der Waals surface area contributed by atoms with Crippen LogP contribution in [0.1, 0.15) is 51.9 Å². The molecule has 1 aliphatic heterocycles. The molecular weight excluding hydrogens is 381 g/mol. The summed E-state index contributed by atoms with van der Waals surface area (Å²) in [6.45, 7) is 5.05. The summed E-state index contributed by atoms with van der Waals surface area (Å²) >= 11 is 0. The fourth-order valence-electron chi connectivity index (χ4n) is 4.29. The van der Waals surface area contributed by atoms with Crippen molar-refractivity contribution in [3.63, 3.8) is 0 Å². The monoisotopic (exact) mass is 415 g/mol. The fraction of sp³-hybridized carbons (Fsp3) is 0.583. The first-order valence-corrected chi connectivity index (χ1v) is 11.2. The molecule has 0 aromatic heterocycles. The zero-order valence-electron chi connectivity index (χ0n) is 18.0. The van der Waals surface area contributed by atoms with Crippen LogP contribution in [0.15, 0.2) is 35.9 Å². The lowest BCUT2D eigenvalue weighted by Gasteiger charge is -2.36. The summed E-state index contributed by atoms with van der Waals surface area (Å²) in [4.78, 5) is 28.6. The van der Waals surface area contributed by atoms with E-state index in [1.165, 1.54) is 24.5 Å². The molecule has 1 aliphatic carbocycles. The Labute approximate surface area is 179 Å². The van der Waals surface area contributed by atoms with Crippen molar-refractivity contribution in [3.8, 4) is 0 Å². The predicted molar refractivity (Wildman–Crippen MR) is 118 cm³/mol. The van der Waals surface area contributed by atoms with Crippen LogP contribution in [0.5, 0.6) is 0 Å². The van der Waals surface area contributed by atoms with E-state index in [0.717, 1.165) is 19.3 Å². The molecule has 0 radical (unpaired) electrons. The summed E-state index contributed by atoms with van der Waals surface area (Å²) in [7, 11) is 0. The number of piperazine rings is 1. The molecule has 0 bridgehead atoms. The number of hydrogen-bond donors (Lipinski definition) is 1. The van der Waals surface area contributed by atoms with E-state index in [0.29, 0.717) is 51.3 Å². The van der Waals surface area contributed by atoms with Gasteiger partial charge in [-0.15, -0.1) is 0 Å². The molecule has 164 valence electrons. The number of benzene rings is 1. The van der Waals surface area contributed by atoms with Gasteiger partial charge in [0.1, 0.15) is 5.82 Å². The second-order valence-corrected chi connectivity index (χ2v) is 8.54. The summed E-state index contributed by atoms with van der Waals surface area (Å²) in [5.74, 6) is -0.111. The molecule has 2 amide bonds. The molecular formula is C24H34FN3O2. The van der Waals surface area contributed by atoms with Crippen LogP contribution < -0.4 is 10.2 Å². The number of para-hydroxylation sites is 1. The van der Waals surface area contributed by atoms with Crippen molar-refractivity contribution >= 4 is 17.5 Å². The van der Waals surface area contributed by atoms with E-state index in [-0.39, 0.29) is 23.5 Å². The van der Waals surface area contributed by atoms with Crippen LogP contribution >= 0.6 is 0 Å². The van der Waals surface area contributed by atoms with E-state index in [1.807, 2.05) is 22.8 Å². The highest BCUT2D eigenvalue weighted by atomic mass is 19.1. The first-order chi connectivity index (χ1) is 14.5. The molecule has 1 unspecified atom stereocenters. The summed E-state index contributed by atoms with van der Waals surface area (Å²) in [6.07, 6.45) is 8.85. The first kappa shape index (κ1) is 22.3. The van der Waals surface area contributed by atoms with Crippen molar-refractivity contribution in [2.24, 2.45) is 5.92 Å². The number of amides is 2. The lowest BCUT2D eigenvalue weighted by Crippen LogP contribution is -2.49. The summed E-state index contributed by atoms with van der Waals surface area (Å²) in [5.41, 5.74) is 2.05. The molecule has 0 saturated carbocycles. The molecule has 0 spiro atoms. The molecule has 1 heterocycles. The Morgan fingerprint density at radius 1 is 1.10 bits per heavy atom. The molecule has 1 saturated heterocycles. The van der Waals surface area contributed by atoms with Gasteiger partial charge in [-0.2, -0.15) is 0 Å². The maximum atomic E-state index is 14.0. The molecule has 5 nitrogen and oxygen atoms in total. The zero-order valence-corrected chi connectivity index (χ0v) is 18.0. The number of nitrogens with zero attached hydrogens (tertiary/aromatic N) is 2. The number of carbonyl (C=O) groups is 2. The molecule has 6 heteroatoms. The number of halogens is 1. The summed E-state index contributed by atoms with van der Waals surface area (Å²) in [6, 6.07) is 6.75. The Balaban J connectivity index is 1.34. The van der Waals surface area contributed by atoms with Gasteiger partial charge in [-0.05, 0) is 50.2 Å². The van der Waals surface area contributed by atoms with Crippen molar-refractivity contribution in [2.75, 3.05) is 37.6 Å². The average Bonchev–Trinajstić information content (AvgIpc) is 2.75. The highest BCUT2D eigenvalue weighted by molar-refractivity contribution is 5.79. The van der Waals surface area contributed by atoms with Crippen molar-refractivity contribution < 1.29 is 14.0 Å². The third-order valence-electron chi connectivity index (χ3n) is 6.04. The number of anilines is 1. The number of hydrogen-bond acceptors (Lipinski definition) is 3. The van der Waals surface area contributed by atoms with E-state index in [2.05, 4.69) is 11.4 Å². The quantitative estimate of drug-likeness (QED) is 0.655. The smallest absolute Gasteiger partial charge is 0.222 e.